The molecule has 0 aromatic rings. The number of hydrogen-bond acceptors (Lipinski definition) is 3. The second kappa shape index (κ2) is 6.08. The van der Waals surface area contributed by atoms with Gasteiger partial charge in [0, 0.05) is 6.54 Å². The third-order valence-electron chi connectivity index (χ3n) is 3.29. The van der Waals surface area contributed by atoms with Crippen molar-refractivity contribution >= 4 is 5.91 Å². The van der Waals surface area contributed by atoms with Crippen molar-refractivity contribution in [2.45, 2.75) is 31.7 Å². The van der Waals surface area contributed by atoms with Crippen molar-refractivity contribution in [3.8, 4) is 0 Å². The van der Waals surface area contributed by atoms with Crippen molar-refractivity contribution in [3.63, 3.8) is 0 Å². The summed E-state index contributed by atoms with van der Waals surface area (Å²) in [6.07, 6.45) is 4.93. The van der Waals surface area contributed by atoms with Gasteiger partial charge < -0.3 is 16.0 Å². The molecule has 1 unspecified atom stereocenters. The van der Waals surface area contributed by atoms with Crippen molar-refractivity contribution in [2.24, 2.45) is 11.7 Å². The SMILES string of the molecule is CNC(CCN(C)CC1CCC1)C(N)=O. The molecule has 0 saturated heterocycles. The number of nitrogens with one attached hydrogen (secondary N) is 1. The number of carbonyl (C=O) groups is 1. The summed E-state index contributed by atoms with van der Waals surface area (Å²) in [4.78, 5) is 13.3. The van der Waals surface area contributed by atoms with E-state index >= 15 is 0 Å². The minimum Gasteiger partial charge on any atom is -0.368 e. The van der Waals surface area contributed by atoms with Crippen LogP contribution in [0.2, 0.25) is 0 Å². The lowest BCUT2D eigenvalue weighted by Crippen LogP contribution is -2.42. The summed E-state index contributed by atoms with van der Waals surface area (Å²) < 4.78 is 0. The molecule has 4 heteroatoms. The second-order valence-electron chi connectivity index (χ2n) is 4.59. The number of rotatable bonds is 7. The largest absolute Gasteiger partial charge is 0.368 e. The molecule has 1 atom stereocenters. The van der Waals surface area contributed by atoms with Gasteiger partial charge in [-0.25, -0.2) is 0 Å². The van der Waals surface area contributed by atoms with E-state index in [1.165, 1.54) is 19.3 Å². The fraction of sp³-hybridized carbons (Fsp3) is 0.909. The first-order valence-corrected chi connectivity index (χ1v) is 5.78. The molecule has 0 aromatic heterocycles. The lowest BCUT2D eigenvalue weighted by atomic mass is 9.85. The number of likely N-dealkylation sites (N-methyl/N-ethyl adjacent to an activating group) is 1. The highest BCUT2D eigenvalue weighted by Crippen LogP contribution is 2.26. The maximum Gasteiger partial charge on any atom is 0.234 e. The van der Waals surface area contributed by atoms with Gasteiger partial charge in [0.25, 0.3) is 0 Å². The van der Waals surface area contributed by atoms with Gasteiger partial charge in [-0.15, -0.1) is 0 Å². The van der Waals surface area contributed by atoms with Crippen LogP contribution >= 0.6 is 0 Å². The van der Waals surface area contributed by atoms with Crippen molar-refractivity contribution in [1.82, 2.24) is 10.2 Å². The maximum absolute atomic E-state index is 11.0. The van der Waals surface area contributed by atoms with Gasteiger partial charge in [-0.2, -0.15) is 0 Å². The van der Waals surface area contributed by atoms with Crippen LogP contribution in [0, 0.1) is 5.92 Å². The Balaban J connectivity index is 2.13. The zero-order valence-electron chi connectivity index (χ0n) is 9.83. The molecular weight excluding hydrogens is 190 g/mol. The van der Waals surface area contributed by atoms with Crippen LogP contribution in [0.4, 0.5) is 0 Å². The predicted molar refractivity (Wildman–Crippen MR) is 61.5 cm³/mol. The van der Waals surface area contributed by atoms with Crippen LogP contribution in [0.3, 0.4) is 0 Å². The summed E-state index contributed by atoms with van der Waals surface area (Å²) in [5.41, 5.74) is 5.25. The first-order valence-electron chi connectivity index (χ1n) is 5.78. The molecule has 4 nitrogen and oxygen atoms in total. The number of hydrogen-bond donors (Lipinski definition) is 2. The summed E-state index contributed by atoms with van der Waals surface area (Å²) in [7, 11) is 3.90. The molecule has 1 aliphatic rings. The molecule has 1 rings (SSSR count). The van der Waals surface area contributed by atoms with E-state index in [0.29, 0.717) is 0 Å². The highest BCUT2D eigenvalue weighted by Gasteiger charge is 2.20. The van der Waals surface area contributed by atoms with Crippen LogP contribution in [0.25, 0.3) is 0 Å². The average Bonchev–Trinajstić information content (AvgIpc) is 2.12. The molecule has 1 aliphatic carbocycles. The Labute approximate surface area is 92.2 Å². The zero-order valence-corrected chi connectivity index (χ0v) is 9.83. The van der Waals surface area contributed by atoms with Crippen molar-refractivity contribution < 1.29 is 4.79 Å². The monoisotopic (exact) mass is 213 g/mol. The van der Waals surface area contributed by atoms with E-state index in [1.54, 1.807) is 7.05 Å². The number of primary amides is 1. The minimum atomic E-state index is -0.255. The van der Waals surface area contributed by atoms with Crippen molar-refractivity contribution in [2.75, 3.05) is 27.2 Å². The number of amides is 1. The lowest BCUT2D eigenvalue weighted by Gasteiger charge is -2.30. The minimum absolute atomic E-state index is 0.186. The van der Waals surface area contributed by atoms with E-state index in [2.05, 4.69) is 17.3 Å². The van der Waals surface area contributed by atoms with Gasteiger partial charge in [0.1, 0.15) is 0 Å². The highest BCUT2D eigenvalue weighted by molar-refractivity contribution is 5.79. The van der Waals surface area contributed by atoms with E-state index in [1.807, 2.05) is 0 Å². The van der Waals surface area contributed by atoms with Crippen LogP contribution in [0.1, 0.15) is 25.7 Å². The fourth-order valence-electron chi connectivity index (χ4n) is 1.99. The number of nitrogens with two attached hydrogens (primary N) is 1. The molecule has 1 amide bonds. The van der Waals surface area contributed by atoms with Gasteiger partial charge in [0.15, 0.2) is 0 Å². The molecule has 1 fully saturated rings. The molecule has 0 heterocycles. The predicted octanol–water partition coefficient (Wildman–Crippen LogP) is 0.182. The summed E-state index contributed by atoms with van der Waals surface area (Å²) >= 11 is 0. The smallest absolute Gasteiger partial charge is 0.234 e. The van der Waals surface area contributed by atoms with Gasteiger partial charge in [-0.3, -0.25) is 4.79 Å². The zero-order chi connectivity index (χ0) is 11.3. The van der Waals surface area contributed by atoms with Crippen LogP contribution in [0.15, 0.2) is 0 Å². The Hall–Kier alpha value is -0.610. The van der Waals surface area contributed by atoms with Crippen molar-refractivity contribution in [1.29, 1.82) is 0 Å². The highest BCUT2D eigenvalue weighted by atomic mass is 16.1. The van der Waals surface area contributed by atoms with Crippen LogP contribution in [-0.4, -0.2) is 44.0 Å². The fourth-order valence-corrected chi connectivity index (χ4v) is 1.99. The normalized spacial score (nSPS) is 18.9. The summed E-state index contributed by atoms with van der Waals surface area (Å²) in [6, 6.07) is -0.186. The molecule has 15 heavy (non-hydrogen) atoms. The summed E-state index contributed by atoms with van der Waals surface area (Å²) in [5.74, 6) is 0.631. The van der Waals surface area contributed by atoms with Crippen LogP contribution < -0.4 is 11.1 Å². The van der Waals surface area contributed by atoms with E-state index in [0.717, 1.165) is 25.4 Å². The number of nitrogens with zero attached hydrogens (tertiary/aromatic N) is 1. The van der Waals surface area contributed by atoms with Crippen molar-refractivity contribution in [3.05, 3.63) is 0 Å². The Morgan fingerprint density at radius 2 is 2.27 bits per heavy atom. The maximum atomic E-state index is 11.0. The third-order valence-corrected chi connectivity index (χ3v) is 3.29. The summed E-state index contributed by atoms with van der Waals surface area (Å²) in [5, 5.41) is 2.94. The van der Waals surface area contributed by atoms with Crippen LogP contribution in [0.5, 0.6) is 0 Å². The molecular formula is C11H23N3O. The molecule has 0 bridgehead atoms. The van der Waals surface area contributed by atoms with Gasteiger partial charge in [0.2, 0.25) is 5.91 Å². The van der Waals surface area contributed by atoms with E-state index < -0.39 is 0 Å². The lowest BCUT2D eigenvalue weighted by molar-refractivity contribution is -0.120. The molecule has 0 radical (unpaired) electrons. The third kappa shape index (κ3) is 4.18. The van der Waals surface area contributed by atoms with E-state index in [-0.39, 0.29) is 11.9 Å². The molecule has 0 aromatic carbocycles. The Bertz CT molecular complexity index is 204. The molecule has 3 N–H and O–H groups in total. The van der Waals surface area contributed by atoms with Gasteiger partial charge in [-0.05, 0) is 45.8 Å². The quantitative estimate of drug-likeness (QED) is 0.634. The van der Waals surface area contributed by atoms with Gasteiger partial charge in [0.05, 0.1) is 6.04 Å². The number of carbonyl (C=O) groups excluding carboxylic acids is 1. The second-order valence-corrected chi connectivity index (χ2v) is 4.59. The summed E-state index contributed by atoms with van der Waals surface area (Å²) in [6.45, 7) is 2.10. The average molecular weight is 213 g/mol. The van der Waals surface area contributed by atoms with Gasteiger partial charge >= 0.3 is 0 Å². The molecule has 1 saturated carbocycles. The van der Waals surface area contributed by atoms with Crippen LogP contribution in [-0.2, 0) is 4.79 Å². The topological polar surface area (TPSA) is 58.4 Å². The Morgan fingerprint density at radius 3 is 2.67 bits per heavy atom. The Morgan fingerprint density at radius 1 is 1.60 bits per heavy atom. The molecule has 0 aliphatic heterocycles. The molecule has 88 valence electrons. The van der Waals surface area contributed by atoms with E-state index in [4.69, 9.17) is 5.73 Å². The standard InChI is InChI=1S/C11H23N3O/c1-13-10(11(12)15)6-7-14(2)8-9-4-3-5-9/h9-10,13H,3-8H2,1-2H3,(H2,12,15). The molecule has 0 spiro atoms. The Kier molecular flexibility index (Phi) is 5.05. The van der Waals surface area contributed by atoms with E-state index in [9.17, 15) is 4.79 Å². The first-order chi connectivity index (χ1) is 7.13. The van der Waals surface area contributed by atoms with Gasteiger partial charge in [-0.1, -0.05) is 6.42 Å². The first kappa shape index (κ1) is 12.5.